The largest absolute Gasteiger partial charge is 0.307 e. The smallest absolute Gasteiger partial charge is 0.213 e. The molecular weight excluding hydrogens is 370 g/mol. The molecule has 2 unspecified atom stereocenters. The first-order chi connectivity index (χ1) is 13.7. The van der Waals surface area contributed by atoms with Crippen LogP contribution in [-0.4, -0.2) is 36.5 Å². The lowest BCUT2D eigenvalue weighted by Gasteiger charge is -2.19. The number of hydrogen-bond donors (Lipinski definition) is 1. The van der Waals surface area contributed by atoms with Crippen LogP contribution in [0.25, 0.3) is 32.7 Å². The summed E-state index contributed by atoms with van der Waals surface area (Å²) in [7, 11) is 1.86. The molecule has 138 valence electrons. The van der Waals surface area contributed by atoms with E-state index in [4.69, 9.17) is 10.1 Å². The number of rotatable bonds is 2. The Morgan fingerprint density at radius 3 is 3.00 bits per heavy atom. The molecule has 8 heteroatoms. The van der Waals surface area contributed by atoms with Crippen molar-refractivity contribution >= 4 is 32.8 Å². The Labute approximate surface area is 164 Å². The van der Waals surface area contributed by atoms with Crippen LogP contribution in [0, 0.1) is 11.3 Å². The summed E-state index contributed by atoms with van der Waals surface area (Å²) in [6.45, 7) is 0. The van der Waals surface area contributed by atoms with Gasteiger partial charge in [-0.25, -0.2) is 9.50 Å². The van der Waals surface area contributed by atoms with Gasteiger partial charge in [-0.15, -0.1) is 0 Å². The van der Waals surface area contributed by atoms with Gasteiger partial charge in [0, 0.05) is 36.3 Å². The predicted molar refractivity (Wildman–Crippen MR) is 108 cm³/mol. The lowest BCUT2D eigenvalue weighted by Crippen LogP contribution is -2.31. The van der Waals surface area contributed by atoms with Crippen molar-refractivity contribution in [2.75, 3.05) is 0 Å². The second-order valence-corrected chi connectivity index (χ2v) is 8.54. The highest BCUT2D eigenvalue weighted by Gasteiger charge is 2.29. The number of fused-ring (bicyclic) bond motifs is 4. The number of imidazole rings is 1. The first-order valence-corrected chi connectivity index (χ1v) is 10.2. The van der Waals surface area contributed by atoms with Crippen molar-refractivity contribution in [2.45, 2.75) is 31.3 Å². The Morgan fingerprint density at radius 2 is 2.18 bits per heavy atom. The van der Waals surface area contributed by atoms with E-state index in [0.717, 1.165) is 38.5 Å². The van der Waals surface area contributed by atoms with Crippen molar-refractivity contribution in [3.05, 3.63) is 41.2 Å². The Kier molecular flexibility index (Phi) is 3.27. The highest BCUT2D eigenvalue weighted by Crippen LogP contribution is 2.34. The van der Waals surface area contributed by atoms with Gasteiger partial charge in [0.05, 0.1) is 17.5 Å². The molecular formula is C20H17N7S. The van der Waals surface area contributed by atoms with Gasteiger partial charge in [-0.05, 0) is 37.0 Å². The van der Waals surface area contributed by atoms with Crippen LogP contribution in [0.4, 0.5) is 0 Å². The van der Waals surface area contributed by atoms with E-state index in [2.05, 4.69) is 22.6 Å². The van der Waals surface area contributed by atoms with Gasteiger partial charge in [-0.3, -0.25) is 4.68 Å². The molecule has 0 spiro atoms. The fourth-order valence-corrected chi connectivity index (χ4v) is 5.25. The van der Waals surface area contributed by atoms with Crippen LogP contribution in [0.5, 0.6) is 0 Å². The second-order valence-electron chi connectivity index (χ2n) is 7.58. The Bertz CT molecular complexity index is 1280. The Balaban J connectivity index is 1.41. The van der Waals surface area contributed by atoms with Crippen LogP contribution in [-0.2, 0) is 7.05 Å². The maximum absolute atomic E-state index is 9.50. The van der Waals surface area contributed by atoms with Gasteiger partial charge >= 0.3 is 0 Å². The van der Waals surface area contributed by atoms with Gasteiger partial charge in [0.1, 0.15) is 16.6 Å². The lowest BCUT2D eigenvalue weighted by molar-refractivity contribution is 0.574. The number of nitriles is 1. The molecule has 2 aliphatic heterocycles. The minimum atomic E-state index is 0.496. The van der Waals surface area contributed by atoms with Gasteiger partial charge in [0.15, 0.2) is 0 Å². The number of nitrogens with zero attached hydrogens (tertiary/aromatic N) is 6. The maximum Gasteiger partial charge on any atom is 0.213 e. The van der Waals surface area contributed by atoms with Crippen LogP contribution < -0.4 is 5.32 Å². The molecule has 0 radical (unpaired) electrons. The fourth-order valence-electron chi connectivity index (χ4n) is 4.33. The molecule has 2 bridgehead atoms. The maximum atomic E-state index is 9.50. The van der Waals surface area contributed by atoms with Gasteiger partial charge in [0.25, 0.3) is 0 Å². The van der Waals surface area contributed by atoms with E-state index in [1.54, 1.807) is 16.0 Å². The highest BCUT2D eigenvalue weighted by molar-refractivity contribution is 7.17. The predicted octanol–water partition coefficient (Wildman–Crippen LogP) is 3.12. The molecule has 7 nitrogen and oxygen atoms in total. The number of hydrogen-bond acceptors (Lipinski definition) is 6. The monoisotopic (exact) mass is 387 g/mol. The zero-order valence-electron chi connectivity index (χ0n) is 15.3. The normalized spacial score (nSPS) is 21.4. The average Bonchev–Trinajstić information content (AvgIpc) is 3.42. The third-order valence-electron chi connectivity index (χ3n) is 5.60. The number of nitrogens with one attached hydrogen (secondary N) is 1. The highest BCUT2D eigenvalue weighted by atomic mass is 32.1. The Morgan fingerprint density at radius 1 is 1.25 bits per heavy atom. The molecule has 5 heterocycles. The molecule has 2 atom stereocenters. The summed E-state index contributed by atoms with van der Waals surface area (Å²) in [4.78, 5) is 5.66. The van der Waals surface area contributed by atoms with E-state index in [9.17, 15) is 5.26 Å². The van der Waals surface area contributed by atoms with E-state index in [1.165, 1.54) is 18.4 Å². The van der Waals surface area contributed by atoms with Crippen LogP contribution in [0.2, 0.25) is 0 Å². The van der Waals surface area contributed by atoms with Crippen molar-refractivity contribution in [1.82, 2.24) is 29.7 Å². The summed E-state index contributed by atoms with van der Waals surface area (Å²) in [5, 5.41) is 24.3. The fraction of sp³-hybridized carbons (Fsp3) is 0.300. The van der Waals surface area contributed by atoms with Gasteiger partial charge in [-0.2, -0.15) is 15.5 Å². The van der Waals surface area contributed by atoms with E-state index >= 15 is 0 Å². The van der Waals surface area contributed by atoms with E-state index < -0.39 is 0 Å². The van der Waals surface area contributed by atoms with Gasteiger partial charge in [0.2, 0.25) is 4.96 Å². The molecule has 1 fully saturated rings. The van der Waals surface area contributed by atoms with Gasteiger partial charge in [-0.1, -0.05) is 17.4 Å². The minimum Gasteiger partial charge on any atom is -0.307 e. The second kappa shape index (κ2) is 5.74. The van der Waals surface area contributed by atoms with Crippen LogP contribution >= 0.6 is 11.3 Å². The van der Waals surface area contributed by atoms with Crippen LogP contribution in [0.15, 0.2) is 30.6 Å². The first-order valence-electron chi connectivity index (χ1n) is 9.37. The molecule has 0 aliphatic carbocycles. The van der Waals surface area contributed by atoms with Crippen molar-refractivity contribution < 1.29 is 0 Å². The first kappa shape index (κ1) is 16.0. The molecule has 3 aromatic heterocycles. The van der Waals surface area contributed by atoms with Crippen LogP contribution in [0.3, 0.4) is 0 Å². The summed E-state index contributed by atoms with van der Waals surface area (Å²) < 4.78 is 3.59. The average molecular weight is 387 g/mol. The molecule has 0 amide bonds. The van der Waals surface area contributed by atoms with Crippen molar-refractivity contribution in [2.24, 2.45) is 7.05 Å². The zero-order valence-corrected chi connectivity index (χ0v) is 16.1. The Hall–Kier alpha value is -3.02. The third-order valence-corrected chi connectivity index (χ3v) is 6.60. The van der Waals surface area contributed by atoms with Crippen molar-refractivity contribution in [3.63, 3.8) is 0 Å². The summed E-state index contributed by atoms with van der Waals surface area (Å²) in [5.74, 6) is 0. The summed E-state index contributed by atoms with van der Waals surface area (Å²) in [6, 6.07) is 7.23. The SMILES string of the molecule is Cn1cc2cc(-c3cn4nc(C5=CC6CCC(C5)N6)sc4n3)cc(C#N)c2n1. The molecule has 0 saturated carbocycles. The lowest BCUT2D eigenvalue weighted by atomic mass is 10.0. The standard InChI is InChI=1S/C20H17N7S/c1-26-9-14-5-11(4-13(8-21)18(14)24-26)17-10-27-20(23-17)28-19(25-27)12-6-15-2-3-16(7-12)22-15/h4-6,9-10,15-16,22H,2-3,7H2,1H3. The third kappa shape index (κ3) is 2.40. The summed E-state index contributed by atoms with van der Waals surface area (Å²) >= 11 is 1.63. The molecule has 1 saturated heterocycles. The van der Waals surface area contributed by atoms with Crippen molar-refractivity contribution in [1.29, 1.82) is 5.26 Å². The molecule has 2 aliphatic rings. The molecule has 1 aromatic carbocycles. The molecule has 4 aromatic rings. The summed E-state index contributed by atoms with van der Waals surface area (Å²) in [5.41, 5.74) is 4.37. The number of aryl methyl sites for hydroxylation is 1. The van der Waals surface area contributed by atoms with E-state index in [0.29, 0.717) is 17.6 Å². The van der Waals surface area contributed by atoms with Crippen LogP contribution in [0.1, 0.15) is 29.8 Å². The van der Waals surface area contributed by atoms with Crippen molar-refractivity contribution in [3.8, 4) is 17.3 Å². The number of aromatic nitrogens is 5. The topological polar surface area (TPSA) is 83.8 Å². The minimum absolute atomic E-state index is 0.496. The number of benzene rings is 1. The van der Waals surface area contributed by atoms with E-state index in [-0.39, 0.29) is 0 Å². The summed E-state index contributed by atoms with van der Waals surface area (Å²) in [6.07, 6.45) is 9.71. The van der Waals surface area contributed by atoms with Gasteiger partial charge < -0.3 is 5.32 Å². The molecule has 1 N–H and O–H groups in total. The molecule has 28 heavy (non-hydrogen) atoms. The molecule has 6 rings (SSSR count). The van der Waals surface area contributed by atoms with E-state index in [1.807, 2.05) is 36.1 Å². The zero-order chi connectivity index (χ0) is 18.8. The quantitative estimate of drug-likeness (QED) is 0.571.